The Morgan fingerprint density at radius 2 is 2.18 bits per heavy atom. The van der Waals surface area contributed by atoms with Crippen molar-refractivity contribution in [2.45, 2.75) is 59.3 Å². The summed E-state index contributed by atoms with van der Waals surface area (Å²) in [6.07, 6.45) is 2.17. The van der Waals surface area contributed by atoms with Crippen molar-refractivity contribution in [3.63, 3.8) is 0 Å². The van der Waals surface area contributed by atoms with E-state index in [4.69, 9.17) is 4.74 Å². The van der Waals surface area contributed by atoms with Crippen molar-refractivity contribution in [1.82, 2.24) is 10.3 Å². The second-order valence-corrected chi connectivity index (χ2v) is 5.75. The zero-order valence-electron chi connectivity index (χ0n) is 11.4. The highest BCUT2D eigenvalue weighted by Crippen LogP contribution is 2.17. The Hall–Kier alpha value is -0.450. The monoisotopic (exact) mass is 256 g/mol. The maximum absolute atomic E-state index is 5.83. The highest BCUT2D eigenvalue weighted by molar-refractivity contribution is 7.09. The normalized spacial score (nSPS) is 12.0. The molecule has 3 nitrogen and oxygen atoms in total. The number of rotatable bonds is 8. The van der Waals surface area contributed by atoms with Crippen molar-refractivity contribution < 1.29 is 4.74 Å². The summed E-state index contributed by atoms with van der Waals surface area (Å²) in [5.74, 6) is 0. The predicted molar refractivity (Wildman–Crippen MR) is 73.3 cm³/mol. The Kier molecular flexibility index (Phi) is 6.09. The number of aromatic nitrogens is 1. The number of ether oxygens (including phenoxy) is 1. The van der Waals surface area contributed by atoms with Crippen LogP contribution in [0.5, 0.6) is 0 Å². The van der Waals surface area contributed by atoms with E-state index in [-0.39, 0.29) is 5.60 Å². The molecular formula is C13H24N2OS. The SMILES string of the molecule is CCCNCc1nc(COC(C)(C)CC)cs1. The highest BCUT2D eigenvalue weighted by Gasteiger charge is 2.15. The molecule has 0 fully saturated rings. The average Bonchev–Trinajstić information content (AvgIpc) is 2.75. The number of hydrogen-bond donors (Lipinski definition) is 1. The first-order valence-electron chi connectivity index (χ1n) is 6.35. The van der Waals surface area contributed by atoms with Crippen molar-refractivity contribution in [3.8, 4) is 0 Å². The fourth-order valence-electron chi connectivity index (χ4n) is 1.24. The molecule has 0 saturated heterocycles. The lowest BCUT2D eigenvalue weighted by molar-refractivity contribution is -0.0328. The summed E-state index contributed by atoms with van der Waals surface area (Å²) in [7, 11) is 0. The molecule has 0 aliphatic heterocycles. The zero-order valence-corrected chi connectivity index (χ0v) is 12.2. The Balaban J connectivity index is 2.35. The van der Waals surface area contributed by atoms with Gasteiger partial charge >= 0.3 is 0 Å². The first-order valence-corrected chi connectivity index (χ1v) is 7.23. The van der Waals surface area contributed by atoms with Crippen LogP contribution in [0.4, 0.5) is 0 Å². The molecule has 4 heteroatoms. The lowest BCUT2D eigenvalue weighted by Crippen LogP contribution is -2.22. The fourth-order valence-corrected chi connectivity index (χ4v) is 1.99. The van der Waals surface area contributed by atoms with Gasteiger partial charge in [-0.3, -0.25) is 0 Å². The number of nitrogens with zero attached hydrogens (tertiary/aromatic N) is 1. The van der Waals surface area contributed by atoms with Gasteiger partial charge in [0.25, 0.3) is 0 Å². The van der Waals surface area contributed by atoms with Gasteiger partial charge in [0.2, 0.25) is 0 Å². The van der Waals surface area contributed by atoms with Crippen molar-refractivity contribution in [2.24, 2.45) is 0 Å². The van der Waals surface area contributed by atoms with Crippen LogP contribution in [0.25, 0.3) is 0 Å². The van der Waals surface area contributed by atoms with Gasteiger partial charge in [-0.1, -0.05) is 13.8 Å². The summed E-state index contributed by atoms with van der Waals surface area (Å²) in [5.41, 5.74) is 0.995. The van der Waals surface area contributed by atoms with Crippen LogP contribution in [0.2, 0.25) is 0 Å². The minimum Gasteiger partial charge on any atom is -0.369 e. The quantitative estimate of drug-likeness (QED) is 0.724. The maximum atomic E-state index is 5.83. The van der Waals surface area contributed by atoms with Crippen LogP contribution in [-0.2, 0) is 17.9 Å². The number of hydrogen-bond acceptors (Lipinski definition) is 4. The third kappa shape index (κ3) is 5.61. The molecule has 1 heterocycles. The average molecular weight is 256 g/mol. The van der Waals surface area contributed by atoms with Crippen molar-refractivity contribution in [1.29, 1.82) is 0 Å². The molecule has 0 aliphatic rings. The summed E-state index contributed by atoms with van der Waals surface area (Å²) >= 11 is 1.70. The molecule has 0 spiro atoms. The summed E-state index contributed by atoms with van der Waals surface area (Å²) in [6, 6.07) is 0. The van der Waals surface area contributed by atoms with E-state index < -0.39 is 0 Å². The minimum atomic E-state index is -0.0513. The first kappa shape index (κ1) is 14.6. The van der Waals surface area contributed by atoms with E-state index >= 15 is 0 Å². The van der Waals surface area contributed by atoms with Gasteiger partial charge in [0.05, 0.1) is 17.9 Å². The molecule has 1 N–H and O–H groups in total. The Morgan fingerprint density at radius 1 is 1.41 bits per heavy atom. The van der Waals surface area contributed by atoms with E-state index in [0.717, 1.165) is 36.6 Å². The lowest BCUT2D eigenvalue weighted by Gasteiger charge is -2.22. The molecular weight excluding hydrogens is 232 g/mol. The topological polar surface area (TPSA) is 34.2 Å². The van der Waals surface area contributed by atoms with Crippen molar-refractivity contribution in [3.05, 3.63) is 16.1 Å². The van der Waals surface area contributed by atoms with Gasteiger partial charge in [-0.15, -0.1) is 11.3 Å². The summed E-state index contributed by atoms with van der Waals surface area (Å²) in [6.45, 7) is 11.1. The minimum absolute atomic E-state index is 0.0513. The molecule has 0 saturated carbocycles. The molecule has 0 amide bonds. The van der Waals surface area contributed by atoms with Gasteiger partial charge in [0.1, 0.15) is 5.01 Å². The van der Waals surface area contributed by atoms with E-state index in [2.05, 4.69) is 43.4 Å². The van der Waals surface area contributed by atoms with Gasteiger partial charge in [-0.2, -0.15) is 0 Å². The molecule has 17 heavy (non-hydrogen) atoms. The molecule has 0 bridgehead atoms. The van der Waals surface area contributed by atoms with Crippen LogP contribution in [0.3, 0.4) is 0 Å². The molecule has 0 unspecified atom stereocenters. The maximum Gasteiger partial charge on any atom is 0.107 e. The van der Waals surface area contributed by atoms with Crippen LogP contribution in [0.1, 0.15) is 51.2 Å². The number of nitrogens with one attached hydrogen (secondary N) is 1. The summed E-state index contributed by atoms with van der Waals surface area (Å²) in [4.78, 5) is 4.55. The number of thiazole rings is 1. The van der Waals surface area contributed by atoms with E-state index in [1.807, 2.05) is 0 Å². The van der Waals surface area contributed by atoms with E-state index in [9.17, 15) is 0 Å². The standard InChI is InChI=1S/C13H24N2OS/c1-5-7-14-8-12-15-11(10-17-12)9-16-13(3,4)6-2/h10,14H,5-9H2,1-4H3. The molecule has 0 radical (unpaired) electrons. The van der Waals surface area contributed by atoms with Crippen LogP contribution < -0.4 is 5.32 Å². The molecule has 1 aromatic heterocycles. The second-order valence-electron chi connectivity index (χ2n) is 4.81. The van der Waals surface area contributed by atoms with E-state index in [1.165, 1.54) is 0 Å². The van der Waals surface area contributed by atoms with E-state index in [0.29, 0.717) is 6.61 Å². The lowest BCUT2D eigenvalue weighted by atomic mass is 10.1. The molecule has 0 aliphatic carbocycles. The summed E-state index contributed by atoms with van der Waals surface area (Å²) < 4.78 is 5.83. The van der Waals surface area contributed by atoms with Crippen molar-refractivity contribution >= 4 is 11.3 Å². The third-order valence-corrected chi connectivity index (χ3v) is 3.66. The van der Waals surface area contributed by atoms with Gasteiger partial charge in [-0.25, -0.2) is 4.98 Å². The Bertz CT molecular complexity index is 323. The zero-order chi connectivity index (χ0) is 12.7. The van der Waals surface area contributed by atoms with Gasteiger partial charge < -0.3 is 10.1 Å². The molecule has 0 atom stereocenters. The van der Waals surface area contributed by atoms with Crippen LogP contribution in [-0.4, -0.2) is 17.1 Å². The molecule has 0 aromatic carbocycles. The second kappa shape index (κ2) is 7.09. The largest absolute Gasteiger partial charge is 0.369 e. The highest BCUT2D eigenvalue weighted by atomic mass is 32.1. The predicted octanol–water partition coefficient (Wildman–Crippen LogP) is 3.35. The van der Waals surface area contributed by atoms with Crippen LogP contribution in [0.15, 0.2) is 5.38 Å². The summed E-state index contributed by atoms with van der Waals surface area (Å²) in [5, 5.41) is 6.59. The Labute approximate surface area is 109 Å². The van der Waals surface area contributed by atoms with E-state index in [1.54, 1.807) is 11.3 Å². The van der Waals surface area contributed by atoms with Crippen LogP contribution >= 0.6 is 11.3 Å². The molecule has 1 rings (SSSR count). The first-order chi connectivity index (χ1) is 8.07. The smallest absolute Gasteiger partial charge is 0.107 e. The van der Waals surface area contributed by atoms with Gasteiger partial charge in [-0.05, 0) is 33.2 Å². The molecule has 1 aromatic rings. The molecule has 98 valence electrons. The third-order valence-electron chi connectivity index (χ3n) is 2.76. The fraction of sp³-hybridized carbons (Fsp3) is 0.769. The Morgan fingerprint density at radius 3 is 2.82 bits per heavy atom. The van der Waals surface area contributed by atoms with Crippen molar-refractivity contribution in [2.75, 3.05) is 6.54 Å². The van der Waals surface area contributed by atoms with Gasteiger partial charge in [0.15, 0.2) is 0 Å². The van der Waals surface area contributed by atoms with Crippen LogP contribution in [0, 0.1) is 0 Å². The van der Waals surface area contributed by atoms with Gasteiger partial charge in [0, 0.05) is 11.9 Å².